The molecule has 0 amide bonds. The van der Waals surface area contributed by atoms with Crippen LogP contribution in [0.2, 0.25) is 0 Å². The summed E-state index contributed by atoms with van der Waals surface area (Å²) in [6.45, 7) is 0. The van der Waals surface area contributed by atoms with Crippen LogP contribution in [0, 0.1) is 0 Å². The van der Waals surface area contributed by atoms with Crippen LogP contribution < -0.4 is 0 Å². The van der Waals surface area contributed by atoms with Crippen molar-refractivity contribution in [2.75, 3.05) is 0 Å². The third kappa shape index (κ3) is 2.02. The molecule has 1 aromatic rings. The molecule has 9 heavy (non-hydrogen) atoms. The SMILES string of the molecule is Br/C=C/c1ccccc1. The van der Waals surface area contributed by atoms with Crippen LogP contribution >= 0.6 is 15.9 Å². The van der Waals surface area contributed by atoms with Crippen molar-refractivity contribution in [3.05, 3.63) is 40.9 Å². The number of hydrogen-bond acceptors (Lipinski definition) is 0. The highest BCUT2D eigenvalue weighted by Gasteiger charge is 1.78. The second kappa shape index (κ2) is 3.46. The molecule has 46 valence electrons. The molecule has 0 saturated carbocycles. The fourth-order valence-corrected chi connectivity index (χ4v) is 0.942. The minimum Gasteiger partial charge on any atom is -0.0622 e. The second-order valence-electron chi connectivity index (χ2n) is 1.70. The predicted octanol–water partition coefficient (Wildman–Crippen LogP) is 3.05. The van der Waals surface area contributed by atoms with E-state index in [9.17, 15) is 0 Å². The van der Waals surface area contributed by atoms with Crippen LogP contribution in [0.15, 0.2) is 35.3 Å². The van der Waals surface area contributed by atoms with Crippen molar-refractivity contribution in [2.45, 2.75) is 0 Å². The first-order chi connectivity index (χ1) is 4.43. The molecule has 0 saturated heterocycles. The summed E-state index contributed by atoms with van der Waals surface area (Å²) in [7, 11) is 0. The quantitative estimate of drug-likeness (QED) is 0.627. The molecule has 0 aliphatic rings. The average Bonchev–Trinajstić information content (AvgIpc) is 1.91. The van der Waals surface area contributed by atoms with Gasteiger partial charge in [0.05, 0.1) is 0 Å². The summed E-state index contributed by atoms with van der Waals surface area (Å²) in [6, 6.07) is 10.1. The highest BCUT2D eigenvalue weighted by atomic mass is 79.9. The van der Waals surface area contributed by atoms with Crippen molar-refractivity contribution in [3.8, 4) is 0 Å². The Morgan fingerprint density at radius 2 is 1.78 bits per heavy atom. The van der Waals surface area contributed by atoms with Gasteiger partial charge in [-0.1, -0.05) is 46.3 Å². The smallest absolute Gasteiger partial charge is 0.0183 e. The van der Waals surface area contributed by atoms with E-state index in [0.29, 0.717) is 0 Å². The first-order valence-electron chi connectivity index (χ1n) is 2.75. The summed E-state index contributed by atoms with van der Waals surface area (Å²) in [6.07, 6.45) is 2.00. The van der Waals surface area contributed by atoms with Crippen LogP contribution in [0.3, 0.4) is 0 Å². The lowest BCUT2D eigenvalue weighted by atomic mass is 10.2. The number of rotatable bonds is 1. The van der Waals surface area contributed by atoms with Gasteiger partial charge >= 0.3 is 0 Å². The van der Waals surface area contributed by atoms with Crippen molar-refractivity contribution in [1.29, 1.82) is 0 Å². The number of hydrogen-bond donors (Lipinski definition) is 0. The van der Waals surface area contributed by atoms with Gasteiger partial charge in [-0.05, 0) is 16.6 Å². The van der Waals surface area contributed by atoms with Gasteiger partial charge in [0.2, 0.25) is 0 Å². The van der Waals surface area contributed by atoms with Crippen molar-refractivity contribution in [2.24, 2.45) is 0 Å². The maximum Gasteiger partial charge on any atom is -0.0183 e. The fraction of sp³-hybridized carbons (Fsp3) is 0. The molecule has 0 bridgehead atoms. The monoisotopic (exact) mass is 182 g/mol. The molecule has 0 aliphatic heterocycles. The lowest BCUT2D eigenvalue weighted by Gasteiger charge is -1.86. The van der Waals surface area contributed by atoms with Crippen molar-refractivity contribution in [1.82, 2.24) is 0 Å². The lowest BCUT2D eigenvalue weighted by molar-refractivity contribution is 1.67. The molecular weight excluding hydrogens is 176 g/mol. The Kier molecular flexibility index (Phi) is 2.52. The Labute approximate surface area is 63.3 Å². The summed E-state index contributed by atoms with van der Waals surface area (Å²) in [4.78, 5) is 1.85. The fourth-order valence-electron chi connectivity index (χ4n) is 0.637. The van der Waals surface area contributed by atoms with Crippen molar-refractivity contribution in [3.63, 3.8) is 0 Å². The average molecular weight is 183 g/mol. The largest absolute Gasteiger partial charge is 0.0622 e. The molecule has 0 N–H and O–H groups in total. The third-order valence-electron chi connectivity index (χ3n) is 1.06. The first kappa shape index (κ1) is 6.56. The zero-order valence-electron chi connectivity index (χ0n) is 4.92. The van der Waals surface area contributed by atoms with Gasteiger partial charge in [-0.25, -0.2) is 0 Å². The molecule has 1 aromatic carbocycles. The molecule has 0 heterocycles. The summed E-state index contributed by atoms with van der Waals surface area (Å²) < 4.78 is 0. The molecule has 0 nitrogen and oxygen atoms in total. The molecule has 1 heteroatoms. The maximum atomic E-state index is 3.21. The van der Waals surface area contributed by atoms with Crippen LogP contribution in [0.4, 0.5) is 0 Å². The van der Waals surface area contributed by atoms with Gasteiger partial charge in [-0.2, -0.15) is 0 Å². The molecule has 0 aliphatic carbocycles. The molecule has 0 fully saturated rings. The van der Waals surface area contributed by atoms with E-state index in [1.165, 1.54) is 5.56 Å². The van der Waals surface area contributed by atoms with Gasteiger partial charge in [-0.15, -0.1) is 0 Å². The molecule has 0 unspecified atom stereocenters. The number of halogens is 1. The summed E-state index contributed by atoms with van der Waals surface area (Å²) in [5.41, 5.74) is 1.22. The van der Waals surface area contributed by atoms with E-state index in [0.717, 1.165) is 0 Å². The number of benzene rings is 1. The Balaban J connectivity index is 2.85. The van der Waals surface area contributed by atoms with Gasteiger partial charge in [0.25, 0.3) is 0 Å². The van der Waals surface area contributed by atoms with Gasteiger partial charge in [0.1, 0.15) is 0 Å². The van der Waals surface area contributed by atoms with Gasteiger partial charge < -0.3 is 0 Å². The molecule has 0 aromatic heterocycles. The highest BCUT2D eigenvalue weighted by Crippen LogP contribution is 2.01. The van der Waals surface area contributed by atoms with Crippen LogP contribution in [0.25, 0.3) is 6.08 Å². The van der Waals surface area contributed by atoms with Crippen LogP contribution in [0.5, 0.6) is 0 Å². The first-order valence-corrected chi connectivity index (χ1v) is 3.67. The molecular formula is C8H7Br. The van der Waals surface area contributed by atoms with Crippen molar-refractivity contribution >= 4 is 22.0 Å². The molecule has 1 rings (SSSR count). The maximum absolute atomic E-state index is 3.21. The minimum absolute atomic E-state index is 1.22. The summed E-state index contributed by atoms with van der Waals surface area (Å²) in [5, 5.41) is 0. The van der Waals surface area contributed by atoms with Gasteiger partial charge in [0, 0.05) is 0 Å². The van der Waals surface area contributed by atoms with E-state index in [-0.39, 0.29) is 0 Å². The van der Waals surface area contributed by atoms with Crippen LogP contribution in [0.1, 0.15) is 5.56 Å². The molecule has 0 atom stereocenters. The zero-order chi connectivity index (χ0) is 6.53. The normalized spacial score (nSPS) is 10.3. The Morgan fingerprint density at radius 3 is 2.33 bits per heavy atom. The topological polar surface area (TPSA) is 0 Å². The second-order valence-corrected chi connectivity index (χ2v) is 2.23. The zero-order valence-corrected chi connectivity index (χ0v) is 6.51. The van der Waals surface area contributed by atoms with Crippen molar-refractivity contribution < 1.29 is 0 Å². The predicted molar refractivity (Wildman–Crippen MR) is 44.4 cm³/mol. The third-order valence-corrected chi connectivity index (χ3v) is 1.32. The van der Waals surface area contributed by atoms with Gasteiger partial charge in [-0.3, -0.25) is 0 Å². The minimum atomic E-state index is 1.22. The van der Waals surface area contributed by atoms with E-state index in [2.05, 4.69) is 28.1 Å². The van der Waals surface area contributed by atoms with E-state index in [1.807, 2.05) is 29.3 Å². The van der Waals surface area contributed by atoms with E-state index < -0.39 is 0 Å². The van der Waals surface area contributed by atoms with Gasteiger partial charge in [0.15, 0.2) is 0 Å². The van der Waals surface area contributed by atoms with E-state index >= 15 is 0 Å². The highest BCUT2D eigenvalue weighted by molar-refractivity contribution is 9.11. The Bertz CT molecular complexity index is 189. The molecule has 0 spiro atoms. The van der Waals surface area contributed by atoms with Crippen LogP contribution in [-0.2, 0) is 0 Å². The van der Waals surface area contributed by atoms with E-state index in [4.69, 9.17) is 0 Å². The molecule has 0 radical (unpaired) electrons. The van der Waals surface area contributed by atoms with Crippen LogP contribution in [-0.4, -0.2) is 0 Å². The lowest BCUT2D eigenvalue weighted by Crippen LogP contribution is -1.64. The Hall–Kier alpha value is -0.560. The van der Waals surface area contributed by atoms with E-state index in [1.54, 1.807) is 0 Å². The summed E-state index contributed by atoms with van der Waals surface area (Å²) in [5.74, 6) is 0. The summed E-state index contributed by atoms with van der Waals surface area (Å²) >= 11 is 3.21. The standard InChI is InChI=1S/C8H7Br/c9-7-6-8-4-2-1-3-5-8/h1-7H/b7-6+. The Morgan fingerprint density at radius 1 is 1.11 bits per heavy atom.